The molecule has 1 amide bonds. The molecule has 0 bridgehead atoms. The van der Waals surface area contributed by atoms with Crippen molar-refractivity contribution in [1.82, 2.24) is 25.0 Å². The maximum absolute atomic E-state index is 12.5. The van der Waals surface area contributed by atoms with E-state index in [0.29, 0.717) is 30.9 Å². The number of aliphatic hydroxyl groups excluding tert-OH is 1. The number of aliphatic hydroxyl groups is 1. The summed E-state index contributed by atoms with van der Waals surface area (Å²) in [4.78, 5) is 14.2. The Balaban J connectivity index is 1.83. The molecule has 1 N–H and O–H groups in total. The molecule has 0 unspecified atom stereocenters. The van der Waals surface area contributed by atoms with E-state index in [2.05, 4.69) is 20.0 Å². The fourth-order valence-corrected chi connectivity index (χ4v) is 2.61. The predicted molar refractivity (Wildman–Crippen MR) is 75.9 cm³/mol. The van der Waals surface area contributed by atoms with Crippen LogP contribution in [0, 0.1) is 6.92 Å². The monoisotopic (exact) mass is 305 g/mol. The lowest BCUT2D eigenvalue weighted by Gasteiger charge is -2.18. The third kappa shape index (κ3) is 2.61. The first kappa shape index (κ1) is 14.7. The lowest BCUT2D eigenvalue weighted by Crippen LogP contribution is -2.31. The van der Waals surface area contributed by atoms with Crippen LogP contribution in [0.3, 0.4) is 0 Å². The topological polar surface area (TPSA) is 97.3 Å². The van der Waals surface area contributed by atoms with E-state index < -0.39 is 6.10 Å². The van der Waals surface area contributed by atoms with E-state index in [-0.39, 0.29) is 11.6 Å². The Morgan fingerprint density at radius 2 is 2.27 bits per heavy atom. The number of aromatic nitrogens is 4. The standard InChI is InChI=1S/C14H19N5O3/c1-3-12(20)11-7-10-8-18(5-4-6-19(10)15-11)14(21)13-9(2)16-22-17-13/h7,12,20H,3-6,8H2,1-2H3/t12-/m1/s1. The zero-order chi connectivity index (χ0) is 15.7. The van der Waals surface area contributed by atoms with Gasteiger partial charge in [-0.25, -0.2) is 4.63 Å². The third-order valence-corrected chi connectivity index (χ3v) is 3.90. The Morgan fingerprint density at radius 1 is 1.45 bits per heavy atom. The van der Waals surface area contributed by atoms with Gasteiger partial charge in [0.1, 0.15) is 5.69 Å². The largest absolute Gasteiger partial charge is 0.387 e. The SMILES string of the molecule is CC[C@@H](O)c1cc2n(n1)CCCN(C(=O)c1nonc1C)C2. The van der Waals surface area contributed by atoms with Gasteiger partial charge in [0.15, 0.2) is 5.69 Å². The van der Waals surface area contributed by atoms with Crippen molar-refractivity contribution in [2.24, 2.45) is 0 Å². The lowest BCUT2D eigenvalue weighted by atomic mass is 10.2. The van der Waals surface area contributed by atoms with Gasteiger partial charge in [-0.3, -0.25) is 9.48 Å². The molecule has 1 atom stereocenters. The minimum Gasteiger partial charge on any atom is -0.387 e. The van der Waals surface area contributed by atoms with Crippen LogP contribution in [0.15, 0.2) is 10.7 Å². The molecule has 0 aliphatic carbocycles. The van der Waals surface area contributed by atoms with E-state index in [1.807, 2.05) is 17.7 Å². The molecule has 22 heavy (non-hydrogen) atoms. The van der Waals surface area contributed by atoms with E-state index >= 15 is 0 Å². The van der Waals surface area contributed by atoms with Crippen molar-refractivity contribution in [1.29, 1.82) is 0 Å². The summed E-state index contributed by atoms with van der Waals surface area (Å²) in [6.07, 6.45) is 0.848. The highest BCUT2D eigenvalue weighted by atomic mass is 16.6. The zero-order valence-electron chi connectivity index (χ0n) is 12.7. The van der Waals surface area contributed by atoms with Crippen molar-refractivity contribution in [2.45, 2.75) is 45.9 Å². The van der Waals surface area contributed by atoms with Crippen LogP contribution in [0.25, 0.3) is 0 Å². The number of amides is 1. The van der Waals surface area contributed by atoms with Gasteiger partial charge in [-0.1, -0.05) is 12.1 Å². The molecule has 0 radical (unpaired) electrons. The zero-order valence-corrected chi connectivity index (χ0v) is 12.7. The van der Waals surface area contributed by atoms with Gasteiger partial charge >= 0.3 is 0 Å². The van der Waals surface area contributed by atoms with Crippen LogP contribution in [0.5, 0.6) is 0 Å². The van der Waals surface area contributed by atoms with Crippen molar-refractivity contribution >= 4 is 5.91 Å². The molecule has 0 saturated carbocycles. The van der Waals surface area contributed by atoms with E-state index in [9.17, 15) is 9.90 Å². The molecule has 0 fully saturated rings. The van der Waals surface area contributed by atoms with E-state index in [1.54, 1.807) is 11.8 Å². The van der Waals surface area contributed by atoms with Crippen LogP contribution in [0.4, 0.5) is 0 Å². The molecule has 0 spiro atoms. The second-order valence-electron chi connectivity index (χ2n) is 5.49. The molecular formula is C14H19N5O3. The summed E-state index contributed by atoms with van der Waals surface area (Å²) < 4.78 is 6.48. The number of carbonyl (C=O) groups excluding carboxylic acids is 1. The molecular weight excluding hydrogens is 286 g/mol. The highest BCUT2D eigenvalue weighted by Gasteiger charge is 2.26. The van der Waals surface area contributed by atoms with E-state index in [4.69, 9.17) is 0 Å². The second-order valence-corrected chi connectivity index (χ2v) is 5.49. The minimum absolute atomic E-state index is 0.189. The predicted octanol–water partition coefficient (Wildman–Crippen LogP) is 1.06. The van der Waals surface area contributed by atoms with E-state index in [1.165, 1.54) is 0 Å². The first-order valence-electron chi connectivity index (χ1n) is 7.43. The van der Waals surface area contributed by atoms with Crippen molar-refractivity contribution in [3.8, 4) is 0 Å². The number of nitrogens with zero attached hydrogens (tertiary/aromatic N) is 5. The molecule has 1 aliphatic rings. The fraction of sp³-hybridized carbons (Fsp3) is 0.571. The van der Waals surface area contributed by atoms with Gasteiger partial charge in [0, 0.05) is 13.1 Å². The maximum Gasteiger partial charge on any atom is 0.278 e. The molecule has 3 rings (SSSR count). The molecule has 2 aromatic heterocycles. The van der Waals surface area contributed by atoms with Crippen LogP contribution in [0.2, 0.25) is 0 Å². The Bertz CT molecular complexity index is 678. The molecule has 3 heterocycles. The number of hydrogen-bond acceptors (Lipinski definition) is 6. The van der Waals surface area contributed by atoms with Crippen LogP contribution in [-0.4, -0.2) is 42.6 Å². The molecule has 0 aromatic carbocycles. The van der Waals surface area contributed by atoms with Crippen LogP contribution < -0.4 is 0 Å². The first-order chi connectivity index (χ1) is 10.6. The van der Waals surface area contributed by atoms with Crippen molar-refractivity contribution < 1.29 is 14.5 Å². The Kier molecular flexibility index (Phi) is 3.93. The van der Waals surface area contributed by atoms with Gasteiger partial charge in [-0.05, 0) is 31.0 Å². The third-order valence-electron chi connectivity index (χ3n) is 3.90. The summed E-state index contributed by atoms with van der Waals surface area (Å²) in [5.41, 5.74) is 2.32. The van der Waals surface area contributed by atoms with E-state index in [0.717, 1.165) is 18.7 Å². The Labute approximate surface area is 127 Å². The van der Waals surface area contributed by atoms with Crippen LogP contribution in [-0.2, 0) is 13.1 Å². The number of aryl methyl sites for hydroxylation is 2. The molecule has 1 aliphatic heterocycles. The number of fused-ring (bicyclic) bond motifs is 1. The fourth-order valence-electron chi connectivity index (χ4n) is 2.61. The normalized spacial score (nSPS) is 16.2. The van der Waals surface area contributed by atoms with Crippen molar-refractivity contribution in [3.63, 3.8) is 0 Å². The summed E-state index contributed by atoms with van der Waals surface area (Å²) in [5.74, 6) is -0.189. The van der Waals surface area contributed by atoms with Gasteiger partial charge in [0.25, 0.3) is 5.91 Å². The summed E-state index contributed by atoms with van der Waals surface area (Å²) in [6, 6.07) is 1.87. The van der Waals surface area contributed by atoms with Gasteiger partial charge in [-0.2, -0.15) is 5.10 Å². The van der Waals surface area contributed by atoms with Gasteiger partial charge < -0.3 is 10.0 Å². The first-order valence-corrected chi connectivity index (χ1v) is 7.43. The average Bonchev–Trinajstić information content (AvgIpc) is 3.06. The van der Waals surface area contributed by atoms with Crippen LogP contribution >= 0.6 is 0 Å². The van der Waals surface area contributed by atoms with Crippen molar-refractivity contribution in [3.05, 3.63) is 28.8 Å². The lowest BCUT2D eigenvalue weighted by molar-refractivity contribution is 0.0734. The Hall–Kier alpha value is -2.22. The quantitative estimate of drug-likeness (QED) is 0.910. The Morgan fingerprint density at radius 3 is 2.95 bits per heavy atom. The second kappa shape index (κ2) is 5.88. The maximum atomic E-state index is 12.5. The van der Waals surface area contributed by atoms with Crippen LogP contribution in [0.1, 0.15) is 53.4 Å². The molecule has 8 nitrogen and oxygen atoms in total. The summed E-state index contributed by atoms with van der Waals surface area (Å²) >= 11 is 0. The highest BCUT2D eigenvalue weighted by Crippen LogP contribution is 2.21. The van der Waals surface area contributed by atoms with Crippen molar-refractivity contribution in [2.75, 3.05) is 6.54 Å². The summed E-state index contributed by atoms with van der Waals surface area (Å²) in [5, 5.41) is 21.7. The van der Waals surface area contributed by atoms with Gasteiger partial charge in [-0.15, -0.1) is 0 Å². The highest BCUT2D eigenvalue weighted by molar-refractivity contribution is 5.93. The smallest absolute Gasteiger partial charge is 0.278 e. The summed E-state index contributed by atoms with van der Waals surface area (Å²) in [6.45, 7) is 5.40. The number of hydrogen-bond donors (Lipinski definition) is 1. The molecule has 118 valence electrons. The van der Waals surface area contributed by atoms with Gasteiger partial charge in [0.2, 0.25) is 0 Å². The number of rotatable bonds is 3. The molecule has 0 saturated heterocycles. The molecule has 2 aromatic rings. The molecule has 8 heteroatoms. The minimum atomic E-state index is -0.564. The average molecular weight is 305 g/mol. The van der Waals surface area contributed by atoms with Gasteiger partial charge in [0.05, 0.1) is 24.0 Å². The number of carbonyl (C=O) groups is 1. The summed E-state index contributed by atoms with van der Waals surface area (Å²) in [7, 11) is 0.